The fourth-order valence-electron chi connectivity index (χ4n) is 1.33. The van der Waals surface area contributed by atoms with E-state index in [9.17, 15) is 31.1 Å². The second-order valence-corrected chi connectivity index (χ2v) is 3.77. The number of carbonyl (C=O) groups is 1. The summed E-state index contributed by atoms with van der Waals surface area (Å²) in [6, 6.07) is 0.00442. The number of carbonyl (C=O) groups excluding carboxylic acids is 1. The molecule has 0 saturated carbocycles. The van der Waals surface area contributed by atoms with Crippen LogP contribution in [0.2, 0.25) is 0 Å². The summed E-state index contributed by atoms with van der Waals surface area (Å²) in [6.07, 6.45) is -10.3. The first-order valence-electron chi connectivity index (χ1n) is 5.00. The summed E-state index contributed by atoms with van der Waals surface area (Å²) in [4.78, 5) is 14.5. The first-order chi connectivity index (χ1) is 9.49. The predicted molar refractivity (Wildman–Crippen MR) is 56.8 cm³/mol. The summed E-state index contributed by atoms with van der Waals surface area (Å²) in [5.41, 5.74) is -3.41. The van der Waals surface area contributed by atoms with Gasteiger partial charge in [-0.3, -0.25) is 0 Å². The molecule has 0 saturated heterocycles. The Labute approximate surface area is 118 Å². The lowest BCUT2D eigenvalue weighted by Crippen LogP contribution is -2.22. The molecule has 0 aromatic carbocycles. The fourth-order valence-corrected chi connectivity index (χ4v) is 1.53. The van der Waals surface area contributed by atoms with Gasteiger partial charge in [0.2, 0.25) is 0 Å². The number of hydrogen-bond donors (Lipinski definition) is 0. The zero-order chi connectivity index (χ0) is 16.4. The molecular formula is C10H6ClF6NO3. The molecule has 0 aliphatic rings. The van der Waals surface area contributed by atoms with E-state index >= 15 is 0 Å². The Hall–Kier alpha value is -1.71. The average molecular weight is 338 g/mol. The number of methoxy groups -OCH3 is 1. The summed E-state index contributed by atoms with van der Waals surface area (Å²) in [5.74, 6) is -3.59. The van der Waals surface area contributed by atoms with Gasteiger partial charge in [0.25, 0.3) is 0 Å². The number of hydrogen-bond acceptors (Lipinski definition) is 4. The number of pyridine rings is 1. The highest BCUT2D eigenvalue weighted by atomic mass is 35.5. The molecule has 0 aliphatic carbocycles. The van der Waals surface area contributed by atoms with Crippen LogP contribution in [0, 0.1) is 0 Å². The molecule has 0 aliphatic heterocycles. The molecule has 1 aromatic rings. The zero-order valence-corrected chi connectivity index (χ0v) is 10.9. The number of rotatable bonds is 3. The maximum absolute atomic E-state index is 12.7. The van der Waals surface area contributed by atoms with Crippen molar-refractivity contribution in [2.24, 2.45) is 0 Å². The molecule has 0 amide bonds. The maximum atomic E-state index is 12.7. The summed E-state index contributed by atoms with van der Waals surface area (Å²) in [5, 5.41) is 0. The molecule has 0 bridgehead atoms. The van der Waals surface area contributed by atoms with Gasteiger partial charge in [-0.1, -0.05) is 0 Å². The maximum Gasteiger partial charge on any atom is 0.573 e. The number of alkyl halides is 7. The van der Waals surface area contributed by atoms with Gasteiger partial charge in [0.15, 0.2) is 11.4 Å². The number of aromatic nitrogens is 1. The van der Waals surface area contributed by atoms with Crippen molar-refractivity contribution in [1.29, 1.82) is 0 Å². The van der Waals surface area contributed by atoms with Crippen LogP contribution >= 0.6 is 11.6 Å². The minimum atomic E-state index is -5.31. The van der Waals surface area contributed by atoms with Crippen LogP contribution in [0.25, 0.3) is 0 Å². The van der Waals surface area contributed by atoms with Gasteiger partial charge in [0.1, 0.15) is 0 Å². The van der Waals surface area contributed by atoms with Crippen LogP contribution in [0.15, 0.2) is 6.07 Å². The molecule has 1 aromatic heterocycles. The minimum absolute atomic E-state index is 0.00442. The molecule has 4 nitrogen and oxygen atoms in total. The van der Waals surface area contributed by atoms with Gasteiger partial charge < -0.3 is 9.47 Å². The lowest BCUT2D eigenvalue weighted by Gasteiger charge is -2.16. The largest absolute Gasteiger partial charge is 0.573 e. The van der Waals surface area contributed by atoms with Crippen molar-refractivity contribution in [2.75, 3.05) is 7.11 Å². The van der Waals surface area contributed by atoms with Crippen LogP contribution in [-0.4, -0.2) is 24.4 Å². The second-order valence-electron chi connectivity index (χ2n) is 3.50. The number of halogens is 7. The quantitative estimate of drug-likeness (QED) is 0.481. The lowest BCUT2D eigenvalue weighted by molar-refractivity contribution is -0.275. The standard InChI is InChI=1S/C10H6ClF6NO3/c1-20-8(19)7-6(21-10(15,16)17)2-4(9(12,13)14)5(3-11)18-7/h2H,3H2,1H3. The van der Waals surface area contributed by atoms with Crippen molar-refractivity contribution < 1.29 is 40.6 Å². The van der Waals surface area contributed by atoms with E-state index in [2.05, 4.69) is 14.5 Å². The summed E-state index contributed by atoms with van der Waals surface area (Å²) in [7, 11) is 0.819. The molecular weight excluding hydrogens is 332 g/mol. The van der Waals surface area contributed by atoms with Gasteiger partial charge in [-0.05, 0) is 6.07 Å². The molecule has 1 heterocycles. The van der Waals surface area contributed by atoms with Gasteiger partial charge in [-0.25, -0.2) is 9.78 Å². The van der Waals surface area contributed by atoms with Crippen molar-refractivity contribution in [2.45, 2.75) is 18.4 Å². The van der Waals surface area contributed by atoms with Gasteiger partial charge in [0, 0.05) is 0 Å². The molecule has 0 radical (unpaired) electrons. The van der Waals surface area contributed by atoms with Crippen molar-refractivity contribution in [3.8, 4) is 5.75 Å². The van der Waals surface area contributed by atoms with Gasteiger partial charge >= 0.3 is 18.5 Å². The first kappa shape index (κ1) is 17.3. The van der Waals surface area contributed by atoms with E-state index in [1.165, 1.54) is 0 Å². The average Bonchev–Trinajstić information content (AvgIpc) is 2.34. The van der Waals surface area contributed by atoms with Gasteiger partial charge in [0.05, 0.1) is 24.2 Å². The molecule has 0 fully saturated rings. The third-order valence-corrected chi connectivity index (χ3v) is 2.36. The summed E-state index contributed by atoms with van der Waals surface area (Å²) < 4.78 is 82.2. The number of nitrogens with zero attached hydrogens (tertiary/aromatic N) is 1. The normalized spacial score (nSPS) is 12.2. The van der Waals surface area contributed by atoms with Crippen molar-refractivity contribution in [3.05, 3.63) is 23.0 Å². The Balaban J connectivity index is 3.53. The molecule has 1 rings (SSSR count). The molecule has 0 N–H and O–H groups in total. The SMILES string of the molecule is COC(=O)c1nc(CCl)c(C(F)(F)F)cc1OC(F)(F)F. The Kier molecular flexibility index (Phi) is 4.92. The molecule has 0 unspecified atom stereocenters. The highest BCUT2D eigenvalue weighted by Gasteiger charge is 2.39. The third kappa shape index (κ3) is 4.38. The van der Waals surface area contributed by atoms with Crippen molar-refractivity contribution >= 4 is 17.6 Å². The van der Waals surface area contributed by atoms with E-state index in [0.29, 0.717) is 0 Å². The molecule has 118 valence electrons. The highest BCUT2D eigenvalue weighted by Crippen LogP contribution is 2.37. The van der Waals surface area contributed by atoms with E-state index in [1.807, 2.05) is 0 Å². The van der Waals surface area contributed by atoms with E-state index < -0.39 is 47.1 Å². The second kappa shape index (κ2) is 5.96. The van der Waals surface area contributed by atoms with Crippen molar-refractivity contribution in [3.63, 3.8) is 0 Å². The number of ether oxygens (including phenoxy) is 2. The summed E-state index contributed by atoms with van der Waals surface area (Å²) in [6.45, 7) is 0. The Morgan fingerprint density at radius 2 is 1.86 bits per heavy atom. The Bertz CT molecular complexity index is 543. The molecule has 0 spiro atoms. The van der Waals surface area contributed by atoms with Gasteiger partial charge in [-0.2, -0.15) is 13.2 Å². The van der Waals surface area contributed by atoms with E-state index in [-0.39, 0.29) is 6.07 Å². The van der Waals surface area contributed by atoms with Gasteiger partial charge in [-0.15, -0.1) is 24.8 Å². The smallest absolute Gasteiger partial charge is 0.464 e. The van der Waals surface area contributed by atoms with E-state index in [4.69, 9.17) is 11.6 Å². The summed E-state index contributed by atoms with van der Waals surface area (Å²) >= 11 is 5.27. The minimum Gasteiger partial charge on any atom is -0.464 e. The van der Waals surface area contributed by atoms with Crippen LogP contribution in [0.1, 0.15) is 21.7 Å². The van der Waals surface area contributed by atoms with Crippen LogP contribution in [-0.2, 0) is 16.8 Å². The van der Waals surface area contributed by atoms with Crippen LogP contribution < -0.4 is 4.74 Å². The fraction of sp³-hybridized carbons (Fsp3) is 0.400. The van der Waals surface area contributed by atoms with Crippen molar-refractivity contribution in [1.82, 2.24) is 4.98 Å². The molecule has 0 atom stereocenters. The predicted octanol–water partition coefficient (Wildman–Crippen LogP) is 3.52. The number of esters is 1. The lowest BCUT2D eigenvalue weighted by atomic mass is 10.1. The van der Waals surface area contributed by atoms with E-state index in [1.54, 1.807) is 0 Å². The monoisotopic (exact) mass is 337 g/mol. The molecule has 21 heavy (non-hydrogen) atoms. The topological polar surface area (TPSA) is 48.4 Å². The first-order valence-corrected chi connectivity index (χ1v) is 5.54. The van der Waals surface area contributed by atoms with Crippen LogP contribution in [0.3, 0.4) is 0 Å². The zero-order valence-electron chi connectivity index (χ0n) is 10.1. The molecule has 11 heteroatoms. The van der Waals surface area contributed by atoms with E-state index in [0.717, 1.165) is 7.11 Å². The Morgan fingerprint density at radius 1 is 1.29 bits per heavy atom. The third-order valence-electron chi connectivity index (χ3n) is 2.10. The van der Waals surface area contributed by atoms with Crippen LogP contribution in [0.4, 0.5) is 26.3 Å². The Morgan fingerprint density at radius 3 is 2.24 bits per heavy atom. The van der Waals surface area contributed by atoms with Crippen LogP contribution in [0.5, 0.6) is 5.75 Å². The highest BCUT2D eigenvalue weighted by molar-refractivity contribution is 6.17.